The van der Waals surface area contributed by atoms with Crippen LogP contribution >= 0.6 is 0 Å². The van der Waals surface area contributed by atoms with Gasteiger partial charge in [0, 0.05) is 17.7 Å². The Hall–Kier alpha value is -1.11. The van der Waals surface area contributed by atoms with Crippen LogP contribution in [-0.2, 0) is 11.8 Å². The average molecular weight is 199 g/mol. The zero-order valence-corrected chi connectivity index (χ0v) is 9.29. The molecule has 0 saturated carbocycles. The molecule has 1 aromatic carbocycles. The monoisotopic (exact) mass is 199 g/mol. The Morgan fingerprint density at radius 1 is 1.20 bits per heavy atom. The Balaban J connectivity index is 2.18. The van der Waals surface area contributed by atoms with Crippen LogP contribution in [0.4, 0.5) is 0 Å². The van der Waals surface area contributed by atoms with Gasteiger partial charge in [-0.1, -0.05) is 31.2 Å². The third-order valence-electron chi connectivity index (χ3n) is 4.02. The van der Waals surface area contributed by atoms with Gasteiger partial charge in [0.05, 0.1) is 0 Å². The molecule has 0 N–H and O–H groups in total. The molecule has 78 valence electrons. The lowest BCUT2D eigenvalue weighted by molar-refractivity contribution is 0.499. The van der Waals surface area contributed by atoms with Crippen molar-refractivity contribution in [1.82, 2.24) is 0 Å². The largest absolute Gasteiger partial charge is 0.293 e. The molecule has 3 rings (SSSR count). The third-order valence-corrected chi connectivity index (χ3v) is 4.02. The van der Waals surface area contributed by atoms with E-state index in [4.69, 9.17) is 4.99 Å². The first-order chi connectivity index (χ1) is 7.31. The predicted molar refractivity (Wildman–Crippen MR) is 63.7 cm³/mol. The number of hydrogen-bond acceptors (Lipinski definition) is 1. The van der Waals surface area contributed by atoms with E-state index in [1.54, 1.807) is 5.56 Å². The molecule has 2 aliphatic rings. The highest BCUT2D eigenvalue weighted by atomic mass is 14.8. The summed E-state index contributed by atoms with van der Waals surface area (Å²) in [6.07, 6.45) is 4.88. The van der Waals surface area contributed by atoms with Crippen molar-refractivity contribution >= 4 is 5.71 Å². The second kappa shape index (κ2) is 3.19. The topological polar surface area (TPSA) is 12.4 Å². The van der Waals surface area contributed by atoms with E-state index >= 15 is 0 Å². The summed E-state index contributed by atoms with van der Waals surface area (Å²) < 4.78 is 0. The van der Waals surface area contributed by atoms with Crippen molar-refractivity contribution in [2.45, 2.75) is 38.0 Å². The van der Waals surface area contributed by atoms with Crippen LogP contribution in [0.1, 0.15) is 37.3 Å². The Labute approximate surface area is 91.2 Å². The summed E-state index contributed by atoms with van der Waals surface area (Å²) in [6, 6.07) is 8.91. The molecule has 15 heavy (non-hydrogen) atoms. The van der Waals surface area contributed by atoms with Crippen LogP contribution in [0.3, 0.4) is 0 Å². The minimum Gasteiger partial charge on any atom is -0.293 e. The van der Waals surface area contributed by atoms with Gasteiger partial charge in [-0.3, -0.25) is 4.99 Å². The molecule has 1 heterocycles. The summed E-state index contributed by atoms with van der Waals surface area (Å²) in [7, 11) is 0. The van der Waals surface area contributed by atoms with Gasteiger partial charge < -0.3 is 0 Å². The highest BCUT2D eigenvalue weighted by Crippen LogP contribution is 2.40. The van der Waals surface area contributed by atoms with Crippen LogP contribution in [-0.4, -0.2) is 12.3 Å². The molecular weight excluding hydrogens is 182 g/mol. The second-order valence-corrected chi connectivity index (χ2v) is 4.92. The molecule has 0 bridgehead atoms. The van der Waals surface area contributed by atoms with Gasteiger partial charge in [0.25, 0.3) is 0 Å². The number of hydrogen-bond donors (Lipinski definition) is 0. The standard InChI is InChI=1S/C14H17N/c1-14-9-4-10-15-13(14)8-7-11-5-2-3-6-12(11)14/h2-3,5-6H,4,7-10H2,1H3. The highest BCUT2D eigenvalue weighted by Gasteiger charge is 2.38. The zero-order chi connectivity index (χ0) is 10.3. The molecule has 0 aromatic heterocycles. The van der Waals surface area contributed by atoms with E-state index in [-0.39, 0.29) is 5.41 Å². The van der Waals surface area contributed by atoms with Crippen LogP contribution in [0.2, 0.25) is 0 Å². The second-order valence-electron chi connectivity index (χ2n) is 4.92. The van der Waals surface area contributed by atoms with Gasteiger partial charge in [-0.15, -0.1) is 0 Å². The van der Waals surface area contributed by atoms with Crippen molar-refractivity contribution < 1.29 is 0 Å². The molecule has 1 unspecified atom stereocenters. The Morgan fingerprint density at radius 3 is 3.00 bits per heavy atom. The number of benzene rings is 1. The van der Waals surface area contributed by atoms with E-state index in [9.17, 15) is 0 Å². The van der Waals surface area contributed by atoms with Gasteiger partial charge in [-0.05, 0) is 36.8 Å². The molecule has 0 amide bonds. The molecule has 1 atom stereocenters. The van der Waals surface area contributed by atoms with Gasteiger partial charge in [0.15, 0.2) is 0 Å². The van der Waals surface area contributed by atoms with Crippen molar-refractivity contribution in [3.05, 3.63) is 35.4 Å². The molecule has 1 nitrogen and oxygen atoms in total. The van der Waals surface area contributed by atoms with Crippen LogP contribution in [0.25, 0.3) is 0 Å². The Bertz CT molecular complexity index is 419. The van der Waals surface area contributed by atoms with Crippen LogP contribution in [0.5, 0.6) is 0 Å². The molecule has 0 radical (unpaired) electrons. The lowest BCUT2D eigenvalue weighted by Crippen LogP contribution is -2.39. The van der Waals surface area contributed by atoms with E-state index < -0.39 is 0 Å². The number of aliphatic imine (C=N–C) groups is 1. The van der Waals surface area contributed by atoms with Gasteiger partial charge in [0.1, 0.15) is 0 Å². The summed E-state index contributed by atoms with van der Waals surface area (Å²) in [5.74, 6) is 0. The summed E-state index contributed by atoms with van der Waals surface area (Å²) in [5, 5.41) is 0. The number of nitrogens with zero attached hydrogens (tertiary/aromatic N) is 1. The van der Waals surface area contributed by atoms with Gasteiger partial charge in [-0.2, -0.15) is 0 Å². The number of aryl methyl sites for hydroxylation is 1. The normalized spacial score (nSPS) is 29.0. The number of rotatable bonds is 0. The summed E-state index contributed by atoms with van der Waals surface area (Å²) in [6.45, 7) is 3.43. The fourth-order valence-corrected chi connectivity index (χ4v) is 3.14. The van der Waals surface area contributed by atoms with Crippen molar-refractivity contribution in [2.75, 3.05) is 6.54 Å². The SMILES string of the molecule is CC12CCCN=C1CCc1ccccc12. The first-order valence-corrected chi connectivity index (χ1v) is 5.93. The molecule has 1 aliphatic heterocycles. The molecule has 0 spiro atoms. The molecule has 1 aromatic rings. The summed E-state index contributed by atoms with van der Waals surface area (Å²) in [5.41, 5.74) is 4.79. The fraction of sp³-hybridized carbons (Fsp3) is 0.500. The maximum Gasteiger partial charge on any atom is 0.0389 e. The predicted octanol–water partition coefficient (Wildman–Crippen LogP) is 3.13. The van der Waals surface area contributed by atoms with Crippen molar-refractivity contribution in [3.63, 3.8) is 0 Å². The van der Waals surface area contributed by atoms with E-state index in [2.05, 4.69) is 31.2 Å². The average Bonchev–Trinajstić information content (AvgIpc) is 2.29. The molecule has 1 heteroatoms. The maximum absolute atomic E-state index is 4.74. The Kier molecular flexibility index (Phi) is 1.95. The third kappa shape index (κ3) is 1.26. The van der Waals surface area contributed by atoms with Gasteiger partial charge >= 0.3 is 0 Å². The van der Waals surface area contributed by atoms with E-state index in [0.29, 0.717) is 0 Å². The van der Waals surface area contributed by atoms with Crippen LogP contribution in [0, 0.1) is 0 Å². The van der Waals surface area contributed by atoms with Gasteiger partial charge in [0.2, 0.25) is 0 Å². The Morgan fingerprint density at radius 2 is 2.07 bits per heavy atom. The molecule has 1 aliphatic carbocycles. The van der Waals surface area contributed by atoms with E-state index in [1.807, 2.05) is 0 Å². The maximum atomic E-state index is 4.74. The summed E-state index contributed by atoms with van der Waals surface area (Å²) in [4.78, 5) is 4.74. The highest BCUT2D eigenvalue weighted by molar-refractivity contribution is 5.97. The minimum atomic E-state index is 0.257. The fourth-order valence-electron chi connectivity index (χ4n) is 3.14. The van der Waals surface area contributed by atoms with Crippen LogP contribution in [0.15, 0.2) is 29.3 Å². The zero-order valence-electron chi connectivity index (χ0n) is 9.29. The first kappa shape index (κ1) is 9.14. The lowest BCUT2D eigenvalue weighted by atomic mass is 9.66. The molecule has 0 fully saturated rings. The molecule has 0 saturated heterocycles. The quantitative estimate of drug-likeness (QED) is 0.608. The lowest BCUT2D eigenvalue weighted by Gasteiger charge is -2.40. The van der Waals surface area contributed by atoms with E-state index in [0.717, 1.165) is 6.54 Å². The van der Waals surface area contributed by atoms with Crippen molar-refractivity contribution in [2.24, 2.45) is 4.99 Å². The summed E-state index contributed by atoms with van der Waals surface area (Å²) >= 11 is 0. The number of fused-ring (bicyclic) bond motifs is 3. The van der Waals surface area contributed by atoms with E-state index in [1.165, 1.54) is 37.0 Å². The smallest absolute Gasteiger partial charge is 0.0389 e. The van der Waals surface area contributed by atoms with Crippen LogP contribution < -0.4 is 0 Å². The minimum absolute atomic E-state index is 0.257. The van der Waals surface area contributed by atoms with Crippen molar-refractivity contribution in [1.29, 1.82) is 0 Å². The van der Waals surface area contributed by atoms with Crippen molar-refractivity contribution in [3.8, 4) is 0 Å². The van der Waals surface area contributed by atoms with Gasteiger partial charge in [-0.25, -0.2) is 0 Å². The first-order valence-electron chi connectivity index (χ1n) is 5.93. The molecular formula is C14H17N.